The van der Waals surface area contributed by atoms with Crippen molar-refractivity contribution in [3.8, 4) is 11.5 Å². The molecule has 0 unspecified atom stereocenters. The van der Waals surface area contributed by atoms with Crippen molar-refractivity contribution in [2.24, 2.45) is 5.92 Å². The van der Waals surface area contributed by atoms with E-state index in [0.29, 0.717) is 42.1 Å². The molecule has 2 aromatic carbocycles. The first-order valence-corrected chi connectivity index (χ1v) is 15.6. The molecule has 2 aliphatic rings. The average molecular weight is 604 g/mol. The van der Waals surface area contributed by atoms with Crippen LogP contribution >= 0.6 is 0 Å². The Morgan fingerprint density at radius 3 is 2.52 bits per heavy atom. The van der Waals surface area contributed by atoms with E-state index in [-0.39, 0.29) is 37.0 Å². The number of halogens is 1. The number of fused-ring (bicyclic) bond motifs is 1. The second-order valence-corrected chi connectivity index (χ2v) is 11.9. The fraction of sp³-hybridized carbons (Fsp3) is 0.457. The number of ether oxygens (including phenoxy) is 2. The molecule has 0 radical (unpaired) electrons. The first kappa shape index (κ1) is 31.4. The second-order valence-electron chi connectivity index (χ2n) is 11.9. The molecule has 0 bridgehead atoms. The van der Waals surface area contributed by atoms with Crippen molar-refractivity contribution in [3.63, 3.8) is 0 Å². The molecule has 1 fully saturated rings. The van der Waals surface area contributed by atoms with Gasteiger partial charge >= 0.3 is 5.97 Å². The van der Waals surface area contributed by atoms with Crippen LogP contribution in [-0.2, 0) is 16.0 Å². The van der Waals surface area contributed by atoms with Gasteiger partial charge in [-0.15, -0.1) is 0 Å². The van der Waals surface area contributed by atoms with Gasteiger partial charge in [0.05, 0.1) is 12.5 Å². The molecule has 1 saturated heterocycles. The Labute approximate surface area is 258 Å². The summed E-state index contributed by atoms with van der Waals surface area (Å²) < 4.78 is 25.4. The third kappa shape index (κ3) is 6.88. The minimum absolute atomic E-state index is 0.0446. The number of aromatic nitrogens is 1. The lowest BCUT2D eigenvalue weighted by Crippen LogP contribution is -2.48. The van der Waals surface area contributed by atoms with Crippen LogP contribution in [0, 0.1) is 18.7 Å². The summed E-state index contributed by atoms with van der Waals surface area (Å²) in [5, 5.41) is 10.6. The predicted molar refractivity (Wildman–Crippen MR) is 167 cm³/mol. The molecule has 9 heteroatoms. The van der Waals surface area contributed by atoms with Crippen molar-refractivity contribution in [3.05, 3.63) is 83.4 Å². The Kier molecular flexibility index (Phi) is 10.1. The van der Waals surface area contributed by atoms with E-state index in [1.54, 1.807) is 25.3 Å². The number of amides is 1. The van der Waals surface area contributed by atoms with Crippen molar-refractivity contribution in [2.45, 2.75) is 77.3 Å². The first-order chi connectivity index (χ1) is 21.3. The molecule has 2 aliphatic heterocycles. The number of carbonyl (C=O) groups is 2. The van der Waals surface area contributed by atoms with Gasteiger partial charge in [-0.1, -0.05) is 38.8 Å². The van der Waals surface area contributed by atoms with E-state index >= 15 is 0 Å². The van der Waals surface area contributed by atoms with Gasteiger partial charge in [0.25, 0.3) is 0 Å². The topological polar surface area (TPSA) is 92.2 Å². The summed E-state index contributed by atoms with van der Waals surface area (Å²) in [5.74, 6) is -1.17. The van der Waals surface area contributed by atoms with E-state index < -0.39 is 17.9 Å². The maximum atomic E-state index is 14.4. The van der Waals surface area contributed by atoms with Crippen molar-refractivity contribution in [2.75, 3.05) is 24.8 Å². The SMILES string of the molecule is CCCC(CCC)N(C(=O)CN1C[C@H](c2ccc3c(c2)OCO3)[C@H](C(=O)O)[C@H]1CCc1ccccn1)c1ccc(F)c(C)c1. The maximum absolute atomic E-state index is 14.4. The third-order valence-electron chi connectivity index (χ3n) is 8.92. The van der Waals surface area contributed by atoms with E-state index in [0.717, 1.165) is 36.9 Å². The Bertz CT molecular complexity index is 1450. The summed E-state index contributed by atoms with van der Waals surface area (Å²) in [6, 6.07) is 15.7. The third-order valence-corrected chi connectivity index (χ3v) is 8.92. The van der Waals surface area contributed by atoms with Crippen molar-refractivity contribution < 1.29 is 28.6 Å². The molecule has 3 atom stereocenters. The number of benzene rings is 2. The molecule has 234 valence electrons. The van der Waals surface area contributed by atoms with Crippen molar-refractivity contribution in [1.29, 1.82) is 0 Å². The lowest BCUT2D eigenvalue weighted by atomic mass is 9.83. The number of aryl methyl sites for hydroxylation is 2. The zero-order chi connectivity index (χ0) is 31.2. The number of carboxylic acids is 1. The molecule has 1 aromatic heterocycles. The molecule has 3 aromatic rings. The number of likely N-dealkylation sites (tertiary alicyclic amines) is 1. The zero-order valence-corrected chi connectivity index (χ0v) is 25.7. The fourth-order valence-corrected chi connectivity index (χ4v) is 6.83. The van der Waals surface area contributed by atoms with Crippen molar-refractivity contribution in [1.82, 2.24) is 9.88 Å². The normalized spacial score (nSPS) is 19.4. The highest BCUT2D eigenvalue weighted by molar-refractivity contribution is 5.95. The van der Waals surface area contributed by atoms with Gasteiger partial charge in [-0.2, -0.15) is 0 Å². The number of carbonyl (C=O) groups excluding carboxylic acids is 1. The van der Waals surface area contributed by atoms with Gasteiger partial charge in [0.1, 0.15) is 5.82 Å². The molecule has 8 nitrogen and oxygen atoms in total. The molecule has 0 aliphatic carbocycles. The Balaban J connectivity index is 1.49. The maximum Gasteiger partial charge on any atom is 0.308 e. The number of rotatable bonds is 13. The minimum Gasteiger partial charge on any atom is -0.481 e. The Morgan fingerprint density at radius 2 is 1.84 bits per heavy atom. The average Bonchev–Trinajstić information content (AvgIpc) is 3.63. The van der Waals surface area contributed by atoms with Crippen LogP contribution in [0.1, 0.15) is 68.7 Å². The number of aliphatic carboxylic acids is 1. The van der Waals surface area contributed by atoms with E-state index in [2.05, 4.69) is 18.8 Å². The van der Waals surface area contributed by atoms with Crippen LogP contribution in [0.5, 0.6) is 11.5 Å². The highest BCUT2D eigenvalue weighted by Gasteiger charge is 2.47. The largest absolute Gasteiger partial charge is 0.481 e. The Hall–Kier alpha value is -3.98. The van der Waals surface area contributed by atoms with Gasteiger partial charge in [-0.3, -0.25) is 19.5 Å². The van der Waals surface area contributed by atoms with E-state index in [9.17, 15) is 19.1 Å². The minimum atomic E-state index is -0.894. The van der Waals surface area contributed by atoms with Crippen LogP contribution in [0.4, 0.5) is 10.1 Å². The van der Waals surface area contributed by atoms with Gasteiger partial charge in [0.2, 0.25) is 12.7 Å². The van der Waals surface area contributed by atoms with Crippen LogP contribution in [-0.4, -0.2) is 58.8 Å². The van der Waals surface area contributed by atoms with Gasteiger partial charge in [-0.25, -0.2) is 4.39 Å². The standard InChI is InChI=1S/C35H42FN3O5/c1-4-8-26(9-5-2)39(27-13-14-29(36)23(3)18-27)33(40)21-38-20-28(24-11-16-31-32(19-24)44-22-43-31)34(35(41)42)30(38)15-12-25-10-6-7-17-37-25/h6-7,10-11,13-14,16-19,26,28,30,34H,4-5,8-9,12,15,20-22H2,1-3H3,(H,41,42)/t28-,30-,34+/m1/s1. The molecule has 44 heavy (non-hydrogen) atoms. The van der Waals surface area contributed by atoms with E-state index in [1.807, 2.05) is 46.2 Å². The number of carboxylic acid groups (broad SMARTS) is 1. The summed E-state index contributed by atoms with van der Waals surface area (Å²) >= 11 is 0. The fourth-order valence-electron chi connectivity index (χ4n) is 6.83. The molecule has 5 rings (SSSR count). The van der Waals surface area contributed by atoms with Crippen LogP contribution in [0.15, 0.2) is 60.8 Å². The molecule has 1 N–H and O–H groups in total. The summed E-state index contributed by atoms with van der Waals surface area (Å²) in [4.78, 5) is 35.6. The molecular weight excluding hydrogens is 561 g/mol. The Morgan fingerprint density at radius 1 is 1.07 bits per heavy atom. The summed E-state index contributed by atoms with van der Waals surface area (Å²) in [7, 11) is 0. The first-order valence-electron chi connectivity index (χ1n) is 15.6. The van der Waals surface area contributed by atoms with Gasteiger partial charge in [0, 0.05) is 42.1 Å². The molecule has 0 saturated carbocycles. The number of pyridine rings is 1. The number of nitrogens with zero attached hydrogens (tertiary/aromatic N) is 3. The quantitative estimate of drug-likeness (QED) is 0.243. The van der Waals surface area contributed by atoms with Crippen LogP contribution in [0.2, 0.25) is 0 Å². The smallest absolute Gasteiger partial charge is 0.308 e. The number of anilines is 1. The summed E-state index contributed by atoms with van der Waals surface area (Å²) in [6.07, 6.45) is 6.29. The zero-order valence-electron chi connectivity index (χ0n) is 25.7. The molecule has 0 spiro atoms. The highest BCUT2D eigenvalue weighted by atomic mass is 19.1. The monoisotopic (exact) mass is 603 g/mol. The second kappa shape index (κ2) is 14.2. The predicted octanol–water partition coefficient (Wildman–Crippen LogP) is 6.36. The lowest BCUT2D eigenvalue weighted by molar-refractivity contribution is -0.143. The van der Waals surface area contributed by atoms with Crippen LogP contribution < -0.4 is 14.4 Å². The van der Waals surface area contributed by atoms with Gasteiger partial charge in [0.15, 0.2) is 11.5 Å². The number of hydrogen-bond acceptors (Lipinski definition) is 6. The summed E-state index contributed by atoms with van der Waals surface area (Å²) in [5.41, 5.74) is 2.88. The highest BCUT2D eigenvalue weighted by Crippen LogP contribution is 2.43. The van der Waals surface area contributed by atoms with Crippen LogP contribution in [0.3, 0.4) is 0 Å². The molecular formula is C35H42FN3O5. The lowest BCUT2D eigenvalue weighted by Gasteiger charge is -2.35. The van der Waals surface area contributed by atoms with Crippen molar-refractivity contribution >= 4 is 17.6 Å². The summed E-state index contributed by atoms with van der Waals surface area (Å²) in [6.45, 7) is 6.49. The number of hydrogen-bond donors (Lipinski definition) is 1. The van der Waals surface area contributed by atoms with E-state index in [1.165, 1.54) is 6.07 Å². The molecule has 3 heterocycles. The van der Waals surface area contributed by atoms with Gasteiger partial charge < -0.3 is 19.5 Å². The van der Waals surface area contributed by atoms with Crippen LogP contribution in [0.25, 0.3) is 0 Å². The van der Waals surface area contributed by atoms with Gasteiger partial charge in [-0.05, 0) is 86.2 Å². The molecule has 1 amide bonds. The van der Waals surface area contributed by atoms with E-state index in [4.69, 9.17) is 9.47 Å².